The number of nitrogens with one attached hydrogen (secondary N) is 2. The zero-order valence-corrected chi connectivity index (χ0v) is 20.0. The van der Waals surface area contributed by atoms with Crippen LogP contribution in [0.5, 0.6) is 5.75 Å². The van der Waals surface area contributed by atoms with Crippen LogP contribution in [-0.4, -0.2) is 20.4 Å². The molecule has 1 atom stereocenters. The third-order valence-corrected chi connectivity index (χ3v) is 6.85. The Labute approximate surface area is 199 Å². The summed E-state index contributed by atoms with van der Waals surface area (Å²) in [7, 11) is -3.80. The average Bonchev–Trinajstić information content (AvgIpc) is 2.81. The van der Waals surface area contributed by atoms with Crippen molar-refractivity contribution in [3.63, 3.8) is 0 Å². The summed E-state index contributed by atoms with van der Waals surface area (Å²) in [6, 6.07) is 24.8. The van der Waals surface area contributed by atoms with Crippen LogP contribution in [0.1, 0.15) is 18.1 Å². The Morgan fingerprint density at radius 2 is 1.59 bits per heavy atom. The van der Waals surface area contributed by atoms with Gasteiger partial charge in [-0.25, -0.2) is 8.42 Å². The molecule has 4 aromatic rings. The lowest BCUT2D eigenvalue weighted by atomic mass is 10.1. The minimum atomic E-state index is -3.80. The van der Waals surface area contributed by atoms with E-state index in [4.69, 9.17) is 4.74 Å². The van der Waals surface area contributed by atoms with Gasteiger partial charge in [-0.3, -0.25) is 9.52 Å². The zero-order valence-electron chi connectivity index (χ0n) is 19.2. The maximum absolute atomic E-state index is 12.9. The minimum absolute atomic E-state index is 0.0954. The van der Waals surface area contributed by atoms with Crippen molar-refractivity contribution >= 4 is 38.1 Å². The molecule has 4 rings (SSSR count). The van der Waals surface area contributed by atoms with Crippen LogP contribution in [0.2, 0.25) is 0 Å². The summed E-state index contributed by atoms with van der Waals surface area (Å²) >= 11 is 0. The second-order valence-electron chi connectivity index (χ2n) is 8.17. The highest BCUT2D eigenvalue weighted by Gasteiger charge is 2.18. The Balaban J connectivity index is 1.44. The largest absolute Gasteiger partial charge is 0.481 e. The smallest absolute Gasteiger partial charge is 0.265 e. The highest BCUT2D eigenvalue weighted by molar-refractivity contribution is 7.92. The summed E-state index contributed by atoms with van der Waals surface area (Å²) in [5, 5.41) is 4.52. The lowest BCUT2D eigenvalue weighted by molar-refractivity contribution is -0.122. The molecule has 6 nitrogen and oxygen atoms in total. The van der Waals surface area contributed by atoms with Gasteiger partial charge in [0, 0.05) is 11.1 Å². The summed E-state index contributed by atoms with van der Waals surface area (Å²) in [5.74, 6) is 0.318. The van der Waals surface area contributed by atoms with Crippen LogP contribution in [0.25, 0.3) is 10.8 Å². The van der Waals surface area contributed by atoms with Crippen LogP contribution in [0.4, 0.5) is 11.4 Å². The quantitative estimate of drug-likeness (QED) is 0.362. The summed E-state index contributed by atoms with van der Waals surface area (Å²) in [4.78, 5) is 12.7. The number of amides is 1. The van der Waals surface area contributed by atoms with E-state index in [-0.39, 0.29) is 10.8 Å². The van der Waals surface area contributed by atoms with Crippen molar-refractivity contribution in [1.82, 2.24) is 0 Å². The van der Waals surface area contributed by atoms with Crippen molar-refractivity contribution < 1.29 is 17.9 Å². The van der Waals surface area contributed by atoms with E-state index < -0.39 is 16.1 Å². The number of carbonyl (C=O) groups is 1. The third-order valence-electron chi connectivity index (χ3n) is 5.47. The van der Waals surface area contributed by atoms with Crippen molar-refractivity contribution in [3.8, 4) is 5.75 Å². The van der Waals surface area contributed by atoms with E-state index >= 15 is 0 Å². The Bertz CT molecular complexity index is 1440. The number of aryl methyl sites for hydroxylation is 2. The topological polar surface area (TPSA) is 84.5 Å². The van der Waals surface area contributed by atoms with Crippen LogP contribution in [-0.2, 0) is 14.8 Å². The van der Waals surface area contributed by atoms with Crippen LogP contribution in [0, 0.1) is 13.8 Å². The fourth-order valence-electron chi connectivity index (χ4n) is 3.65. The van der Waals surface area contributed by atoms with Gasteiger partial charge in [-0.15, -0.1) is 0 Å². The molecular formula is C27H26N2O4S. The molecule has 0 saturated carbocycles. The average molecular weight is 475 g/mol. The Hall–Kier alpha value is -3.84. The van der Waals surface area contributed by atoms with E-state index in [0.29, 0.717) is 17.1 Å². The number of hydrogen-bond acceptors (Lipinski definition) is 4. The molecule has 0 unspecified atom stereocenters. The number of carbonyl (C=O) groups excluding carboxylic acids is 1. The van der Waals surface area contributed by atoms with Gasteiger partial charge in [0.25, 0.3) is 15.9 Å². The van der Waals surface area contributed by atoms with Gasteiger partial charge in [-0.2, -0.15) is 0 Å². The normalized spacial score (nSPS) is 12.2. The lowest BCUT2D eigenvalue weighted by Gasteiger charge is -2.17. The molecule has 34 heavy (non-hydrogen) atoms. The van der Waals surface area contributed by atoms with Gasteiger partial charge in [0.2, 0.25) is 0 Å². The van der Waals surface area contributed by atoms with E-state index in [9.17, 15) is 13.2 Å². The van der Waals surface area contributed by atoms with E-state index in [1.54, 1.807) is 31.2 Å². The minimum Gasteiger partial charge on any atom is -0.481 e. The van der Waals surface area contributed by atoms with E-state index in [1.165, 1.54) is 12.1 Å². The molecule has 0 bridgehead atoms. The van der Waals surface area contributed by atoms with Gasteiger partial charge >= 0.3 is 0 Å². The number of fused-ring (bicyclic) bond motifs is 1. The van der Waals surface area contributed by atoms with Crippen molar-refractivity contribution in [2.45, 2.75) is 31.8 Å². The number of anilines is 2. The van der Waals surface area contributed by atoms with Gasteiger partial charge in [0.05, 0.1) is 10.6 Å². The first kappa shape index (κ1) is 23.3. The number of sulfonamides is 1. The fourth-order valence-corrected chi connectivity index (χ4v) is 4.73. The van der Waals surface area contributed by atoms with E-state index in [1.807, 2.05) is 62.4 Å². The first-order chi connectivity index (χ1) is 16.2. The predicted octanol–water partition coefficient (Wildman–Crippen LogP) is 5.66. The first-order valence-electron chi connectivity index (χ1n) is 10.9. The molecule has 0 radical (unpaired) electrons. The summed E-state index contributed by atoms with van der Waals surface area (Å²) in [6.45, 7) is 5.59. The molecule has 0 aromatic heterocycles. The molecule has 0 aliphatic carbocycles. The summed E-state index contributed by atoms with van der Waals surface area (Å²) < 4.78 is 34.3. The van der Waals surface area contributed by atoms with Crippen molar-refractivity contribution in [1.29, 1.82) is 0 Å². The maximum atomic E-state index is 12.9. The molecule has 0 aliphatic rings. The van der Waals surface area contributed by atoms with Crippen molar-refractivity contribution in [2.24, 2.45) is 0 Å². The summed E-state index contributed by atoms with van der Waals surface area (Å²) in [5.41, 5.74) is 3.05. The second-order valence-corrected chi connectivity index (χ2v) is 9.86. The van der Waals surface area contributed by atoms with Crippen molar-refractivity contribution in [3.05, 3.63) is 96.1 Å². The molecular weight excluding hydrogens is 448 g/mol. The van der Waals surface area contributed by atoms with Gasteiger partial charge in [0.15, 0.2) is 6.10 Å². The molecule has 0 spiro atoms. The monoisotopic (exact) mass is 474 g/mol. The molecule has 1 amide bonds. The van der Waals surface area contributed by atoms with Gasteiger partial charge in [-0.05, 0) is 68.1 Å². The molecule has 174 valence electrons. The Morgan fingerprint density at radius 1 is 0.882 bits per heavy atom. The molecule has 2 N–H and O–H groups in total. The van der Waals surface area contributed by atoms with Crippen LogP contribution in [0.15, 0.2) is 89.8 Å². The van der Waals surface area contributed by atoms with E-state index in [0.717, 1.165) is 21.9 Å². The van der Waals surface area contributed by atoms with Gasteiger partial charge in [0.1, 0.15) is 5.75 Å². The number of rotatable bonds is 7. The molecule has 0 saturated heterocycles. The fraction of sp³-hybridized carbons (Fsp3) is 0.148. The lowest BCUT2D eigenvalue weighted by Crippen LogP contribution is -2.30. The van der Waals surface area contributed by atoms with Crippen LogP contribution in [0.3, 0.4) is 0 Å². The Morgan fingerprint density at radius 3 is 2.32 bits per heavy atom. The van der Waals surface area contributed by atoms with Gasteiger partial charge in [-0.1, -0.05) is 54.1 Å². The Kier molecular flexibility index (Phi) is 6.56. The molecule has 7 heteroatoms. The van der Waals surface area contributed by atoms with Crippen LogP contribution >= 0.6 is 0 Å². The highest BCUT2D eigenvalue weighted by atomic mass is 32.2. The number of benzene rings is 4. The summed E-state index contributed by atoms with van der Waals surface area (Å²) in [6.07, 6.45) is -0.724. The zero-order chi connectivity index (χ0) is 24.3. The third kappa shape index (κ3) is 5.21. The van der Waals surface area contributed by atoms with Gasteiger partial charge < -0.3 is 10.1 Å². The van der Waals surface area contributed by atoms with Crippen LogP contribution < -0.4 is 14.8 Å². The standard InChI is InChI=1S/C27H26N2O4S/c1-18-11-16-26(19(2)17-18)33-20(3)27(30)28-22-12-14-23(15-13-22)34(31,32)29-25-10-6-8-21-7-4-5-9-24(21)25/h4-17,20,29H,1-3H3,(H,28,30)/t20-/m1/s1. The predicted molar refractivity (Wildman–Crippen MR) is 136 cm³/mol. The molecule has 0 aliphatic heterocycles. The second kappa shape index (κ2) is 9.57. The highest BCUT2D eigenvalue weighted by Crippen LogP contribution is 2.26. The number of ether oxygens (including phenoxy) is 1. The molecule has 4 aromatic carbocycles. The maximum Gasteiger partial charge on any atom is 0.265 e. The molecule has 0 heterocycles. The SMILES string of the molecule is Cc1ccc(O[C@H](C)C(=O)Nc2ccc(S(=O)(=O)Nc3cccc4ccccc34)cc2)c(C)c1. The first-order valence-corrected chi connectivity index (χ1v) is 12.4. The number of hydrogen-bond donors (Lipinski definition) is 2. The molecule has 0 fully saturated rings. The van der Waals surface area contributed by atoms with E-state index in [2.05, 4.69) is 10.0 Å². The van der Waals surface area contributed by atoms with Crippen molar-refractivity contribution in [2.75, 3.05) is 10.0 Å².